The Bertz CT molecular complexity index is 939. The maximum absolute atomic E-state index is 12.0. The van der Waals surface area contributed by atoms with E-state index in [4.69, 9.17) is 11.6 Å². The summed E-state index contributed by atoms with van der Waals surface area (Å²) < 4.78 is 0. The molecule has 2 aromatic carbocycles. The van der Waals surface area contributed by atoms with Crippen molar-refractivity contribution >= 4 is 34.2 Å². The van der Waals surface area contributed by atoms with Gasteiger partial charge in [-0.2, -0.15) is 0 Å². The van der Waals surface area contributed by atoms with Crippen LogP contribution in [0.15, 0.2) is 53.3 Å². The quantitative estimate of drug-likeness (QED) is 0.681. The van der Waals surface area contributed by atoms with Gasteiger partial charge in [0, 0.05) is 23.7 Å². The monoisotopic (exact) mass is 342 g/mol. The van der Waals surface area contributed by atoms with Crippen LogP contribution in [0.25, 0.3) is 10.9 Å². The number of urea groups is 1. The summed E-state index contributed by atoms with van der Waals surface area (Å²) in [5.74, 6) is 0.529. The van der Waals surface area contributed by atoms with Crippen LogP contribution in [0.3, 0.4) is 0 Å². The molecule has 0 saturated heterocycles. The van der Waals surface area contributed by atoms with Crippen molar-refractivity contribution in [3.63, 3.8) is 0 Å². The zero-order chi connectivity index (χ0) is 16.9. The third kappa shape index (κ3) is 3.91. The number of nitrogens with one attached hydrogen (secondary N) is 3. The van der Waals surface area contributed by atoms with Crippen LogP contribution >= 0.6 is 11.6 Å². The molecule has 1 heterocycles. The van der Waals surface area contributed by atoms with E-state index in [0.717, 1.165) is 0 Å². The molecule has 3 N–H and O–H groups in total. The molecular formula is C17H15ClN4O2. The number of amides is 2. The largest absolute Gasteiger partial charge is 0.337 e. The molecule has 3 aromatic rings. The minimum Gasteiger partial charge on any atom is -0.337 e. The number of H-pyrrole nitrogens is 1. The number of rotatable bonds is 4. The minimum absolute atomic E-state index is 0.182. The molecule has 0 unspecified atom stereocenters. The first-order valence-corrected chi connectivity index (χ1v) is 7.78. The number of benzene rings is 2. The highest BCUT2D eigenvalue weighted by atomic mass is 35.5. The van der Waals surface area contributed by atoms with E-state index < -0.39 is 0 Å². The van der Waals surface area contributed by atoms with Crippen LogP contribution in [0.4, 0.5) is 10.5 Å². The second-order valence-electron chi connectivity index (χ2n) is 5.17. The first-order chi connectivity index (χ1) is 11.6. The number of hydrogen-bond donors (Lipinski definition) is 3. The van der Waals surface area contributed by atoms with E-state index in [1.807, 2.05) is 6.07 Å². The third-order valence-corrected chi connectivity index (χ3v) is 3.63. The Morgan fingerprint density at radius 1 is 1.17 bits per heavy atom. The lowest BCUT2D eigenvalue weighted by atomic mass is 10.2. The average molecular weight is 343 g/mol. The smallest absolute Gasteiger partial charge is 0.319 e. The molecule has 0 aliphatic rings. The van der Waals surface area contributed by atoms with Gasteiger partial charge in [0.05, 0.1) is 10.9 Å². The molecule has 1 aromatic heterocycles. The molecule has 0 radical (unpaired) electrons. The van der Waals surface area contributed by atoms with Crippen LogP contribution in [0.1, 0.15) is 5.82 Å². The Hall–Kier alpha value is -2.86. The van der Waals surface area contributed by atoms with E-state index >= 15 is 0 Å². The van der Waals surface area contributed by atoms with Crippen molar-refractivity contribution < 1.29 is 4.79 Å². The van der Waals surface area contributed by atoms with Crippen molar-refractivity contribution in [2.75, 3.05) is 11.9 Å². The van der Waals surface area contributed by atoms with Gasteiger partial charge in [0.2, 0.25) is 0 Å². The summed E-state index contributed by atoms with van der Waals surface area (Å²) in [5, 5.41) is 6.49. The molecule has 0 bridgehead atoms. The van der Waals surface area contributed by atoms with Gasteiger partial charge >= 0.3 is 6.03 Å². The molecule has 0 atom stereocenters. The number of hydrogen-bond acceptors (Lipinski definition) is 3. The van der Waals surface area contributed by atoms with Crippen LogP contribution in [-0.2, 0) is 6.42 Å². The number of anilines is 1. The molecule has 122 valence electrons. The minimum atomic E-state index is -0.347. The molecule has 0 saturated carbocycles. The number of para-hydroxylation sites is 1. The summed E-state index contributed by atoms with van der Waals surface area (Å²) in [6.07, 6.45) is 0.420. The van der Waals surface area contributed by atoms with Gasteiger partial charge in [0.25, 0.3) is 5.56 Å². The van der Waals surface area contributed by atoms with Gasteiger partial charge in [-0.25, -0.2) is 9.78 Å². The highest BCUT2D eigenvalue weighted by Gasteiger charge is 2.05. The topological polar surface area (TPSA) is 86.9 Å². The first-order valence-electron chi connectivity index (χ1n) is 7.40. The zero-order valence-electron chi connectivity index (χ0n) is 12.7. The molecule has 0 aliphatic heterocycles. The maximum atomic E-state index is 12.0. The van der Waals surface area contributed by atoms with Crippen molar-refractivity contribution in [2.24, 2.45) is 0 Å². The Kier molecular flexibility index (Phi) is 4.77. The summed E-state index contributed by atoms with van der Waals surface area (Å²) in [6.45, 7) is 0.341. The zero-order valence-corrected chi connectivity index (χ0v) is 13.4. The number of halogens is 1. The van der Waals surface area contributed by atoms with E-state index in [-0.39, 0.29) is 11.6 Å². The van der Waals surface area contributed by atoms with Crippen molar-refractivity contribution in [1.82, 2.24) is 15.3 Å². The molecule has 7 heteroatoms. The van der Waals surface area contributed by atoms with Gasteiger partial charge in [-0.15, -0.1) is 0 Å². The molecule has 6 nitrogen and oxygen atoms in total. The number of aromatic amines is 1. The van der Waals surface area contributed by atoms with E-state index in [1.54, 1.807) is 42.5 Å². The normalized spacial score (nSPS) is 10.5. The fraction of sp³-hybridized carbons (Fsp3) is 0.118. The third-order valence-electron chi connectivity index (χ3n) is 3.39. The molecule has 0 fully saturated rings. The van der Waals surface area contributed by atoms with E-state index in [9.17, 15) is 9.59 Å². The Balaban J connectivity index is 1.58. The fourth-order valence-electron chi connectivity index (χ4n) is 2.29. The van der Waals surface area contributed by atoms with Gasteiger partial charge in [-0.1, -0.05) is 29.8 Å². The van der Waals surface area contributed by atoms with E-state index in [0.29, 0.717) is 40.4 Å². The van der Waals surface area contributed by atoms with Crippen molar-refractivity contribution in [3.05, 3.63) is 69.7 Å². The van der Waals surface area contributed by atoms with Crippen LogP contribution in [0.2, 0.25) is 5.02 Å². The molecule has 0 spiro atoms. The first kappa shape index (κ1) is 16.0. The SMILES string of the molecule is O=C(NCCc1nc2ccccc2c(=O)[nH]1)Nc1cccc(Cl)c1. The molecule has 0 aliphatic carbocycles. The van der Waals surface area contributed by atoms with Crippen molar-refractivity contribution in [2.45, 2.75) is 6.42 Å². The van der Waals surface area contributed by atoms with E-state index in [2.05, 4.69) is 20.6 Å². The molecule has 24 heavy (non-hydrogen) atoms. The highest BCUT2D eigenvalue weighted by Crippen LogP contribution is 2.14. The van der Waals surface area contributed by atoms with Gasteiger partial charge in [0.1, 0.15) is 5.82 Å². The summed E-state index contributed by atoms with van der Waals surface area (Å²) in [5.41, 5.74) is 1.07. The van der Waals surface area contributed by atoms with E-state index in [1.165, 1.54) is 0 Å². The number of carbonyl (C=O) groups excluding carboxylic acids is 1. The fourth-order valence-corrected chi connectivity index (χ4v) is 2.48. The Morgan fingerprint density at radius 3 is 2.83 bits per heavy atom. The summed E-state index contributed by atoms with van der Waals surface area (Å²) in [7, 11) is 0. The van der Waals surface area contributed by atoms with Crippen molar-refractivity contribution in [1.29, 1.82) is 0 Å². The molecular weight excluding hydrogens is 328 g/mol. The van der Waals surface area contributed by atoms with Crippen LogP contribution in [-0.4, -0.2) is 22.5 Å². The standard InChI is InChI=1S/C17H15ClN4O2/c18-11-4-3-5-12(10-11)20-17(24)19-9-8-15-21-14-7-2-1-6-13(14)16(23)22-15/h1-7,10H,8-9H2,(H2,19,20,24)(H,21,22,23). The Labute approximate surface area is 142 Å². The lowest BCUT2D eigenvalue weighted by Gasteiger charge is -2.08. The average Bonchev–Trinajstić information content (AvgIpc) is 2.55. The van der Waals surface area contributed by atoms with Gasteiger partial charge < -0.3 is 15.6 Å². The summed E-state index contributed by atoms with van der Waals surface area (Å²) >= 11 is 5.86. The molecule has 2 amide bonds. The number of nitrogens with zero attached hydrogens (tertiary/aromatic N) is 1. The number of fused-ring (bicyclic) bond motifs is 1. The van der Waals surface area contributed by atoms with Crippen LogP contribution in [0, 0.1) is 0 Å². The predicted octanol–water partition coefficient (Wildman–Crippen LogP) is 2.94. The lowest BCUT2D eigenvalue weighted by molar-refractivity contribution is 0.252. The Morgan fingerprint density at radius 2 is 2.00 bits per heavy atom. The van der Waals surface area contributed by atoms with Gasteiger partial charge in [-0.05, 0) is 30.3 Å². The summed E-state index contributed by atoms with van der Waals surface area (Å²) in [6, 6.07) is 13.7. The summed E-state index contributed by atoms with van der Waals surface area (Å²) in [4.78, 5) is 30.9. The second-order valence-corrected chi connectivity index (χ2v) is 5.61. The molecule has 3 rings (SSSR count). The maximum Gasteiger partial charge on any atom is 0.319 e. The van der Waals surface area contributed by atoms with Crippen LogP contribution in [0.5, 0.6) is 0 Å². The van der Waals surface area contributed by atoms with Crippen LogP contribution < -0.4 is 16.2 Å². The predicted molar refractivity (Wildman–Crippen MR) is 94.5 cm³/mol. The highest BCUT2D eigenvalue weighted by molar-refractivity contribution is 6.30. The van der Waals surface area contributed by atoms with Gasteiger partial charge in [0.15, 0.2) is 0 Å². The van der Waals surface area contributed by atoms with Crippen molar-refractivity contribution in [3.8, 4) is 0 Å². The van der Waals surface area contributed by atoms with Gasteiger partial charge in [-0.3, -0.25) is 4.79 Å². The second kappa shape index (κ2) is 7.14. The number of carbonyl (C=O) groups is 1. The lowest BCUT2D eigenvalue weighted by Crippen LogP contribution is -2.31. The number of aromatic nitrogens is 2.